The molecule has 1 fully saturated rings. The highest BCUT2D eigenvalue weighted by atomic mass is 16.8. The predicted molar refractivity (Wildman–Crippen MR) is 50.6 cm³/mol. The Bertz CT molecular complexity index is 249. The zero-order valence-electron chi connectivity index (χ0n) is 8.74. The fraction of sp³-hybridized carbons (Fsp3) is 0.875. The van der Waals surface area contributed by atoms with Crippen LogP contribution in [0.3, 0.4) is 0 Å². The molecule has 0 bridgehead atoms. The van der Waals surface area contributed by atoms with Gasteiger partial charge in [-0.25, -0.2) is 5.90 Å². The molecule has 5 atom stereocenters. The van der Waals surface area contributed by atoms with Gasteiger partial charge in [0.15, 0.2) is 6.29 Å². The van der Waals surface area contributed by atoms with Gasteiger partial charge < -0.3 is 25.4 Å². The van der Waals surface area contributed by atoms with Crippen molar-refractivity contribution in [1.82, 2.24) is 5.32 Å². The van der Waals surface area contributed by atoms with Gasteiger partial charge >= 0.3 is 0 Å². The minimum atomic E-state index is -1.33. The van der Waals surface area contributed by atoms with Crippen molar-refractivity contribution in [2.24, 2.45) is 5.90 Å². The number of ether oxygens (including phenoxy) is 1. The van der Waals surface area contributed by atoms with Gasteiger partial charge in [-0.05, 0) is 0 Å². The van der Waals surface area contributed by atoms with E-state index in [0.717, 1.165) is 0 Å². The van der Waals surface area contributed by atoms with Gasteiger partial charge in [-0.1, -0.05) is 0 Å². The minimum Gasteiger partial charge on any atom is -0.394 e. The number of aliphatic hydroxyl groups excluding tert-OH is 3. The molecule has 6 N–H and O–H groups in total. The Morgan fingerprint density at radius 3 is 2.56 bits per heavy atom. The van der Waals surface area contributed by atoms with Gasteiger partial charge in [0, 0.05) is 6.92 Å². The lowest BCUT2D eigenvalue weighted by Gasteiger charge is -2.41. The third-order valence-electron chi connectivity index (χ3n) is 2.38. The van der Waals surface area contributed by atoms with E-state index < -0.39 is 43.2 Å². The Balaban J connectivity index is 2.77. The lowest BCUT2D eigenvalue weighted by atomic mass is 9.97. The molecule has 0 saturated carbocycles. The SMILES string of the molecule is CC(=O)NC1C(O)[C@@H](O)C(CO)O[C@H]1ON. The van der Waals surface area contributed by atoms with Crippen molar-refractivity contribution in [2.75, 3.05) is 6.61 Å². The predicted octanol–water partition coefficient (Wildman–Crippen LogP) is -3.18. The van der Waals surface area contributed by atoms with E-state index in [9.17, 15) is 15.0 Å². The Morgan fingerprint density at radius 2 is 2.12 bits per heavy atom. The van der Waals surface area contributed by atoms with Crippen LogP contribution in [-0.2, 0) is 14.4 Å². The maximum absolute atomic E-state index is 10.9. The summed E-state index contributed by atoms with van der Waals surface area (Å²) in [6, 6.07) is -0.986. The number of amides is 1. The first-order chi connectivity index (χ1) is 7.51. The summed E-state index contributed by atoms with van der Waals surface area (Å²) in [5.41, 5.74) is 0. The molecule has 1 aliphatic heterocycles. The molecular formula is C8H16N2O6. The van der Waals surface area contributed by atoms with Crippen LogP contribution in [0.4, 0.5) is 0 Å². The summed E-state index contributed by atoms with van der Waals surface area (Å²) in [6.45, 7) is 0.746. The average Bonchev–Trinajstić information content (AvgIpc) is 2.25. The molecular weight excluding hydrogens is 220 g/mol. The van der Waals surface area contributed by atoms with E-state index in [2.05, 4.69) is 10.2 Å². The molecule has 0 aromatic rings. The second kappa shape index (κ2) is 5.53. The number of nitrogens with one attached hydrogen (secondary N) is 1. The normalized spacial score (nSPS) is 39.4. The van der Waals surface area contributed by atoms with E-state index in [-0.39, 0.29) is 0 Å². The summed E-state index contributed by atoms with van der Waals surface area (Å²) >= 11 is 0. The molecule has 0 spiro atoms. The van der Waals surface area contributed by atoms with Crippen LogP contribution in [0.15, 0.2) is 0 Å². The number of carbonyl (C=O) groups is 1. The molecule has 0 aliphatic carbocycles. The van der Waals surface area contributed by atoms with Crippen LogP contribution in [0.1, 0.15) is 6.92 Å². The molecule has 8 heteroatoms. The van der Waals surface area contributed by atoms with E-state index in [4.69, 9.17) is 15.7 Å². The highest BCUT2D eigenvalue weighted by Crippen LogP contribution is 2.20. The first-order valence-corrected chi connectivity index (χ1v) is 4.76. The van der Waals surface area contributed by atoms with Crippen molar-refractivity contribution in [3.63, 3.8) is 0 Å². The Morgan fingerprint density at radius 1 is 1.50 bits per heavy atom. The van der Waals surface area contributed by atoms with Crippen LogP contribution in [0.5, 0.6) is 0 Å². The monoisotopic (exact) mass is 236 g/mol. The molecule has 0 aromatic heterocycles. The maximum Gasteiger partial charge on any atom is 0.217 e. The van der Waals surface area contributed by atoms with E-state index in [1.165, 1.54) is 6.92 Å². The zero-order valence-corrected chi connectivity index (χ0v) is 8.74. The molecule has 1 amide bonds. The summed E-state index contributed by atoms with van der Waals surface area (Å²) in [4.78, 5) is 15.3. The Hall–Kier alpha value is -0.770. The lowest BCUT2D eigenvalue weighted by molar-refractivity contribution is -0.271. The van der Waals surface area contributed by atoms with Crippen LogP contribution in [-0.4, -0.2) is 58.5 Å². The highest BCUT2D eigenvalue weighted by molar-refractivity contribution is 5.73. The van der Waals surface area contributed by atoms with E-state index in [0.29, 0.717) is 0 Å². The van der Waals surface area contributed by atoms with E-state index in [1.54, 1.807) is 0 Å². The van der Waals surface area contributed by atoms with Gasteiger partial charge in [-0.2, -0.15) is 0 Å². The number of aliphatic hydroxyl groups is 3. The van der Waals surface area contributed by atoms with Crippen LogP contribution in [0.2, 0.25) is 0 Å². The maximum atomic E-state index is 10.9. The molecule has 0 radical (unpaired) electrons. The molecule has 1 aliphatic rings. The quantitative estimate of drug-likeness (QED) is 0.326. The number of hydrogen-bond donors (Lipinski definition) is 5. The standard InChI is InChI=1S/C8H16N2O6/c1-3(12)10-5-7(14)6(13)4(2-11)15-8(5)16-9/h4-8,11,13-14H,2,9H2,1H3,(H,10,12)/t4?,5?,6-,7?,8-/m0/s1. The number of hydrogen-bond acceptors (Lipinski definition) is 7. The second-order valence-electron chi connectivity index (χ2n) is 3.57. The molecule has 1 heterocycles. The van der Waals surface area contributed by atoms with Crippen LogP contribution in [0, 0.1) is 0 Å². The van der Waals surface area contributed by atoms with E-state index >= 15 is 0 Å². The molecule has 0 aromatic carbocycles. The van der Waals surface area contributed by atoms with Crippen LogP contribution >= 0.6 is 0 Å². The van der Waals surface area contributed by atoms with Crippen LogP contribution in [0.25, 0.3) is 0 Å². The molecule has 1 saturated heterocycles. The fourth-order valence-electron chi connectivity index (χ4n) is 1.59. The van der Waals surface area contributed by atoms with Gasteiger partial charge in [-0.3, -0.25) is 9.63 Å². The Labute approximate surface area is 91.9 Å². The molecule has 94 valence electrons. The minimum absolute atomic E-state index is 0.427. The Kier molecular flexibility index (Phi) is 4.59. The summed E-state index contributed by atoms with van der Waals surface area (Å²) in [5.74, 6) is 4.52. The summed E-state index contributed by atoms with van der Waals surface area (Å²) < 4.78 is 5.06. The smallest absolute Gasteiger partial charge is 0.217 e. The van der Waals surface area contributed by atoms with Gasteiger partial charge in [0.25, 0.3) is 0 Å². The van der Waals surface area contributed by atoms with Gasteiger partial charge in [0.2, 0.25) is 5.91 Å². The van der Waals surface area contributed by atoms with Gasteiger partial charge in [0.1, 0.15) is 24.4 Å². The van der Waals surface area contributed by atoms with Crippen molar-refractivity contribution in [3.05, 3.63) is 0 Å². The molecule has 1 rings (SSSR count). The van der Waals surface area contributed by atoms with Gasteiger partial charge in [0.05, 0.1) is 6.61 Å². The van der Waals surface area contributed by atoms with E-state index in [1.807, 2.05) is 0 Å². The van der Waals surface area contributed by atoms with Crippen molar-refractivity contribution >= 4 is 5.91 Å². The van der Waals surface area contributed by atoms with Crippen molar-refractivity contribution in [3.8, 4) is 0 Å². The first-order valence-electron chi connectivity index (χ1n) is 4.76. The number of nitrogens with two attached hydrogens (primary N) is 1. The van der Waals surface area contributed by atoms with Crippen LogP contribution < -0.4 is 11.2 Å². The molecule has 3 unspecified atom stereocenters. The van der Waals surface area contributed by atoms with Gasteiger partial charge in [-0.15, -0.1) is 0 Å². The van der Waals surface area contributed by atoms with Crippen molar-refractivity contribution < 1.29 is 29.7 Å². The zero-order chi connectivity index (χ0) is 12.3. The van der Waals surface area contributed by atoms with Crippen molar-refractivity contribution in [2.45, 2.75) is 37.6 Å². The first kappa shape index (κ1) is 13.3. The second-order valence-corrected chi connectivity index (χ2v) is 3.57. The third kappa shape index (κ3) is 2.67. The largest absolute Gasteiger partial charge is 0.394 e. The topological polar surface area (TPSA) is 134 Å². The summed E-state index contributed by atoms with van der Waals surface area (Å²) in [5, 5.41) is 30.5. The third-order valence-corrected chi connectivity index (χ3v) is 2.38. The summed E-state index contributed by atoms with van der Waals surface area (Å²) in [7, 11) is 0. The highest BCUT2D eigenvalue weighted by Gasteiger charge is 2.45. The number of carbonyl (C=O) groups excluding carboxylic acids is 1. The fourth-order valence-corrected chi connectivity index (χ4v) is 1.59. The lowest BCUT2D eigenvalue weighted by Crippen LogP contribution is -2.65. The number of rotatable bonds is 3. The summed E-state index contributed by atoms with van der Waals surface area (Å²) in [6.07, 6.45) is -4.79. The van der Waals surface area contributed by atoms with Crippen molar-refractivity contribution in [1.29, 1.82) is 0 Å². The molecule has 16 heavy (non-hydrogen) atoms. The molecule has 8 nitrogen and oxygen atoms in total. The average molecular weight is 236 g/mol.